The summed E-state index contributed by atoms with van der Waals surface area (Å²) in [6.45, 7) is 2.34. The Morgan fingerprint density at radius 3 is 2.29 bits per heavy atom. The van der Waals surface area contributed by atoms with Gasteiger partial charge in [0.25, 0.3) is 0 Å². The lowest BCUT2D eigenvalue weighted by molar-refractivity contribution is 0.350. The van der Waals surface area contributed by atoms with E-state index in [-0.39, 0.29) is 0 Å². The Balaban J connectivity index is 1.69. The Labute approximate surface area is 169 Å². The predicted molar refractivity (Wildman–Crippen MR) is 118 cm³/mol. The number of rotatable bonds is 4. The minimum Gasteiger partial charge on any atom is -0.507 e. The molecule has 28 heavy (non-hydrogen) atoms. The second-order valence-electron chi connectivity index (χ2n) is 8.86. The molecular weight excluding hydrogens is 342 g/mol. The van der Waals surface area contributed by atoms with E-state index in [9.17, 15) is 5.11 Å². The maximum absolute atomic E-state index is 11.3. The van der Waals surface area contributed by atoms with Gasteiger partial charge in [0.05, 0.1) is 0 Å². The second-order valence-corrected chi connectivity index (χ2v) is 8.86. The first-order valence-electron chi connectivity index (χ1n) is 11.2. The van der Waals surface area contributed by atoms with Crippen LogP contribution in [0.3, 0.4) is 0 Å². The van der Waals surface area contributed by atoms with Crippen LogP contribution in [0.25, 0.3) is 11.1 Å². The molecule has 2 nitrogen and oxygen atoms in total. The SMILES string of the molecule is CC1CCC(N=Cc2c(-c3ccccc3)ccc(C3CCCCC3)c2O)CC1. The zero-order chi connectivity index (χ0) is 19.3. The fourth-order valence-corrected chi connectivity index (χ4v) is 4.94. The van der Waals surface area contributed by atoms with E-state index in [1.54, 1.807) is 0 Å². The fraction of sp³-hybridized carbons (Fsp3) is 0.500. The number of benzene rings is 2. The summed E-state index contributed by atoms with van der Waals surface area (Å²) in [6.07, 6.45) is 13.1. The van der Waals surface area contributed by atoms with Gasteiger partial charge in [-0.25, -0.2) is 0 Å². The van der Waals surface area contributed by atoms with E-state index in [1.807, 2.05) is 12.3 Å². The molecule has 0 spiro atoms. The van der Waals surface area contributed by atoms with E-state index < -0.39 is 0 Å². The molecule has 2 aliphatic rings. The fourth-order valence-electron chi connectivity index (χ4n) is 4.94. The van der Waals surface area contributed by atoms with Crippen molar-refractivity contribution in [3.05, 3.63) is 53.6 Å². The van der Waals surface area contributed by atoms with Gasteiger partial charge < -0.3 is 5.11 Å². The average molecular weight is 376 g/mol. The highest BCUT2D eigenvalue weighted by Gasteiger charge is 2.22. The predicted octanol–water partition coefficient (Wildman–Crippen LogP) is 7.10. The molecule has 0 unspecified atom stereocenters. The number of hydrogen-bond donors (Lipinski definition) is 1. The Morgan fingerprint density at radius 2 is 1.57 bits per heavy atom. The zero-order valence-corrected chi connectivity index (χ0v) is 17.1. The molecule has 148 valence electrons. The highest BCUT2D eigenvalue weighted by atomic mass is 16.3. The molecule has 0 aliphatic heterocycles. The van der Waals surface area contributed by atoms with Crippen LogP contribution >= 0.6 is 0 Å². The summed E-state index contributed by atoms with van der Waals surface area (Å²) in [5.41, 5.74) is 4.27. The van der Waals surface area contributed by atoms with E-state index in [4.69, 9.17) is 4.99 Å². The monoisotopic (exact) mass is 375 g/mol. The molecule has 2 aliphatic carbocycles. The van der Waals surface area contributed by atoms with Gasteiger partial charge in [-0.15, -0.1) is 0 Å². The molecule has 0 amide bonds. The van der Waals surface area contributed by atoms with Gasteiger partial charge in [-0.3, -0.25) is 4.99 Å². The molecule has 2 aromatic rings. The summed E-state index contributed by atoms with van der Waals surface area (Å²) in [6, 6.07) is 15.2. The largest absolute Gasteiger partial charge is 0.507 e. The van der Waals surface area contributed by atoms with Crippen molar-refractivity contribution in [3.8, 4) is 16.9 Å². The van der Waals surface area contributed by atoms with Gasteiger partial charge in [0.15, 0.2) is 0 Å². The highest BCUT2D eigenvalue weighted by Crippen LogP contribution is 2.41. The first-order valence-corrected chi connectivity index (χ1v) is 11.2. The Bertz CT molecular complexity index is 797. The summed E-state index contributed by atoms with van der Waals surface area (Å²) in [4.78, 5) is 4.94. The van der Waals surface area contributed by atoms with Crippen LogP contribution in [0.2, 0.25) is 0 Å². The lowest BCUT2D eigenvalue weighted by Crippen LogP contribution is -2.15. The van der Waals surface area contributed by atoms with Crippen molar-refractivity contribution < 1.29 is 5.11 Å². The van der Waals surface area contributed by atoms with Gasteiger partial charge in [0.1, 0.15) is 5.75 Å². The van der Waals surface area contributed by atoms with Crippen LogP contribution in [0, 0.1) is 5.92 Å². The minimum absolute atomic E-state index is 0.401. The lowest BCUT2D eigenvalue weighted by atomic mass is 9.82. The molecule has 0 radical (unpaired) electrons. The molecule has 2 fully saturated rings. The number of aliphatic imine (C=N–C) groups is 1. The molecule has 0 saturated heterocycles. The van der Waals surface area contributed by atoms with E-state index in [0.29, 0.717) is 17.7 Å². The first-order chi connectivity index (χ1) is 13.7. The van der Waals surface area contributed by atoms with Gasteiger partial charge in [-0.1, -0.05) is 68.7 Å². The maximum Gasteiger partial charge on any atom is 0.128 e. The van der Waals surface area contributed by atoms with Crippen molar-refractivity contribution in [2.24, 2.45) is 10.9 Å². The van der Waals surface area contributed by atoms with Crippen LogP contribution < -0.4 is 0 Å². The normalized spacial score (nSPS) is 23.9. The molecule has 0 heterocycles. The third-order valence-electron chi connectivity index (χ3n) is 6.78. The molecule has 4 rings (SSSR count). The van der Waals surface area contributed by atoms with Gasteiger partial charge in [0.2, 0.25) is 0 Å². The van der Waals surface area contributed by atoms with E-state index in [0.717, 1.165) is 28.2 Å². The molecule has 0 aromatic heterocycles. The van der Waals surface area contributed by atoms with Crippen LogP contribution in [-0.4, -0.2) is 17.4 Å². The summed E-state index contributed by atoms with van der Waals surface area (Å²) >= 11 is 0. The van der Waals surface area contributed by atoms with Crippen LogP contribution in [0.1, 0.15) is 81.8 Å². The Kier molecular flexibility index (Phi) is 6.14. The number of hydrogen-bond acceptors (Lipinski definition) is 2. The number of phenolic OH excluding ortho intramolecular Hbond substituents is 1. The summed E-state index contributed by atoms with van der Waals surface area (Å²) in [7, 11) is 0. The third-order valence-corrected chi connectivity index (χ3v) is 6.78. The summed E-state index contributed by atoms with van der Waals surface area (Å²) in [5, 5.41) is 11.3. The highest BCUT2D eigenvalue weighted by molar-refractivity contribution is 5.94. The molecule has 2 saturated carbocycles. The first kappa shape index (κ1) is 19.2. The quantitative estimate of drug-likeness (QED) is 0.568. The molecule has 0 atom stereocenters. The molecule has 2 aromatic carbocycles. The topological polar surface area (TPSA) is 32.6 Å². The standard InChI is InChI=1S/C26H33NO/c1-19-12-14-22(15-13-19)27-18-25-23(20-8-4-2-5-9-20)16-17-24(26(25)28)21-10-6-3-7-11-21/h2,4-5,8-9,16-19,21-22,28H,3,6-7,10-15H2,1H3. The summed E-state index contributed by atoms with van der Waals surface area (Å²) in [5.74, 6) is 1.77. The molecule has 1 N–H and O–H groups in total. The van der Waals surface area contributed by atoms with Crippen molar-refractivity contribution in [2.45, 2.75) is 76.7 Å². The molecule has 0 bridgehead atoms. The second kappa shape index (κ2) is 8.94. The van der Waals surface area contributed by atoms with Crippen molar-refractivity contribution in [3.63, 3.8) is 0 Å². The number of aromatic hydroxyl groups is 1. The number of nitrogens with zero attached hydrogens (tertiary/aromatic N) is 1. The minimum atomic E-state index is 0.401. The van der Waals surface area contributed by atoms with Gasteiger partial charge >= 0.3 is 0 Å². The smallest absolute Gasteiger partial charge is 0.128 e. The third kappa shape index (κ3) is 4.32. The van der Waals surface area contributed by atoms with Crippen molar-refractivity contribution >= 4 is 6.21 Å². The molecule has 2 heteroatoms. The van der Waals surface area contributed by atoms with E-state index in [1.165, 1.54) is 57.8 Å². The Hall–Kier alpha value is -2.09. The van der Waals surface area contributed by atoms with Gasteiger partial charge in [0, 0.05) is 17.8 Å². The van der Waals surface area contributed by atoms with Crippen LogP contribution in [-0.2, 0) is 0 Å². The van der Waals surface area contributed by atoms with Crippen molar-refractivity contribution in [1.29, 1.82) is 0 Å². The van der Waals surface area contributed by atoms with Gasteiger partial charge in [-0.05, 0) is 67.1 Å². The van der Waals surface area contributed by atoms with Crippen molar-refractivity contribution in [1.82, 2.24) is 0 Å². The zero-order valence-electron chi connectivity index (χ0n) is 17.1. The van der Waals surface area contributed by atoms with Crippen molar-refractivity contribution in [2.75, 3.05) is 0 Å². The van der Waals surface area contributed by atoms with E-state index in [2.05, 4.69) is 43.3 Å². The van der Waals surface area contributed by atoms with Crippen LogP contribution in [0.4, 0.5) is 0 Å². The molecular formula is C26H33NO. The summed E-state index contributed by atoms with van der Waals surface area (Å²) < 4.78 is 0. The number of phenols is 1. The lowest BCUT2D eigenvalue weighted by Gasteiger charge is -2.25. The Morgan fingerprint density at radius 1 is 0.857 bits per heavy atom. The average Bonchev–Trinajstić information content (AvgIpc) is 2.75. The van der Waals surface area contributed by atoms with Crippen LogP contribution in [0.15, 0.2) is 47.5 Å². The van der Waals surface area contributed by atoms with Crippen LogP contribution in [0.5, 0.6) is 5.75 Å². The van der Waals surface area contributed by atoms with Gasteiger partial charge in [-0.2, -0.15) is 0 Å². The van der Waals surface area contributed by atoms with E-state index >= 15 is 0 Å². The maximum atomic E-state index is 11.3.